The summed E-state index contributed by atoms with van der Waals surface area (Å²) in [6.45, 7) is 1.43. The molecule has 2 aromatic rings. The van der Waals surface area contributed by atoms with Crippen molar-refractivity contribution in [2.24, 2.45) is 0 Å². The summed E-state index contributed by atoms with van der Waals surface area (Å²) in [7, 11) is -2.81. The highest BCUT2D eigenvalue weighted by Crippen LogP contribution is 2.30. The molecule has 0 saturated heterocycles. The molecule has 2 aromatic carbocycles. The van der Waals surface area contributed by atoms with E-state index in [-0.39, 0.29) is 6.54 Å². The first-order valence-electron chi connectivity index (χ1n) is 8.13. The zero-order chi connectivity index (χ0) is 20.9. The van der Waals surface area contributed by atoms with Crippen LogP contribution in [0.5, 0.6) is 5.75 Å². The number of methoxy groups -OCH3 is 1. The van der Waals surface area contributed by atoms with Gasteiger partial charge in [-0.25, -0.2) is 8.42 Å². The smallest absolute Gasteiger partial charge is 0.416 e. The van der Waals surface area contributed by atoms with Crippen molar-refractivity contribution in [2.75, 3.05) is 7.11 Å². The van der Waals surface area contributed by atoms with Crippen LogP contribution in [0, 0.1) is 0 Å². The Labute approximate surface area is 160 Å². The summed E-state index contributed by atoms with van der Waals surface area (Å²) in [5.74, 6) is -0.0246. The molecule has 28 heavy (non-hydrogen) atoms. The molecule has 0 aliphatic rings. The van der Waals surface area contributed by atoms with Gasteiger partial charge in [-0.2, -0.15) is 17.9 Å². The fourth-order valence-corrected chi connectivity index (χ4v) is 3.57. The van der Waals surface area contributed by atoms with Crippen LogP contribution in [0.15, 0.2) is 53.4 Å². The topological polar surface area (TPSA) is 84.5 Å². The van der Waals surface area contributed by atoms with Crippen molar-refractivity contribution in [1.29, 1.82) is 0 Å². The van der Waals surface area contributed by atoms with Crippen molar-refractivity contribution in [1.82, 2.24) is 10.0 Å². The van der Waals surface area contributed by atoms with Crippen LogP contribution < -0.4 is 14.8 Å². The van der Waals surface area contributed by atoms with Gasteiger partial charge in [-0.05, 0) is 42.8 Å². The maximum Gasteiger partial charge on any atom is 0.416 e. The number of halogens is 3. The predicted octanol–water partition coefficient (Wildman–Crippen LogP) is 2.70. The Hall–Kier alpha value is -2.59. The number of nitrogens with one attached hydrogen (secondary N) is 2. The Bertz CT molecular complexity index is 946. The lowest BCUT2D eigenvalue weighted by atomic mass is 10.2. The van der Waals surface area contributed by atoms with Gasteiger partial charge in [0.2, 0.25) is 15.9 Å². The molecule has 6 nitrogen and oxygen atoms in total. The van der Waals surface area contributed by atoms with Gasteiger partial charge in [-0.3, -0.25) is 4.79 Å². The lowest BCUT2D eigenvalue weighted by molar-refractivity contribution is -0.137. The minimum absolute atomic E-state index is 0.131. The fraction of sp³-hybridized carbons (Fsp3) is 0.278. The Morgan fingerprint density at radius 1 is 1.14 bits per heavy atom. The molecular formula is C18H19F3N2O4S. The number of alkyl halides is 3. The second-order valence-corrected chi connectivity index (χ2v) is 7.65. The third-order valence-corrected chi connectivity index (χ3v) is 5.34. The van der Waals surface area contributed by atoms with Crippen LogP contribution in [0.4, 0.5) is 13.2 Å². The molecule has 1 atom stereocenters. The minimum atomic E-state index is -4.68. The van der Waals surface area contributed by atoms with Crippen molar-refractivity contribution < 1.29 is 31.1 Å². The molecule has 0 aliphatic heterocycles. The van der Waals surface area contributed by atoms with E-state index in [2.05, 4.69) is 10.0 Å². The highest BCUT2D eigenvalue weighted by Gasteiger charge is 2.32. The van der Waals surface area contributed by atoms with E-state index in [1.165, 1.54) is 14.0 Å². The number of carbonyl (C=O) groups excluding carboxylic acids is 1. The number of ether oxygens (including phenoxy) is 1. The third kappa shape index (κ3) is 5.70. The van der Waals surface area contributed by atoms with E-state index in [4.69, 9.17) is 4.74 Å². The summed E-state index contributed by atoms with van der Waals surface area (Å²) in [5, 5.41) is 2.56. The molecule has 0 fully saturated rings. The van der Waals surface area contributed by atoms with Gasteiger partial charge < -0.3 is 10.1 Å². The number of benzene rings is 2. The summed E-state index contributed by atoms with van der Waals surface area (Å²) in [6, 6.07) is 9.04. The van der Waals surface area contributed by atoms with Crippen LogP contribution in [-0.2, 0) is 27.5 Å². The molecule has 152 valence electrons. The van der Waals surface area contributed by atoms with Gasteiger partial charge >= 0.3 is 6.18 Å². The number of hydrogen-bond acceptors (Lipinski definition) is 4. The maximum absolute atomic E-state index is 12.8. The number of hydrogen-bond donors (Lipinski definition) is 2. The molecular weight excluding hydrogens is 397 g/mol. The van der Waals surface area contributed by atoms with Crippen LogP contribution in [0.2, 0.25) is 0 Å². The first-order valence-corrected chi connectivity index (χ1v) is 9.61. The van der Waals surface area contributed by atoms with Crippen LogP contribution in [-0.4, -0.2) is 27.5 Å². The first kappa shape index (κ1) is 21.7. The van der Waals surface area contributed by atoms with Gasteiger partial charge in [0.05, 0.1) is 23.6 Å². The van der Waals surface area contributed by atoms with E-state index in [1.807, 2.05) is 0 Å². The van der Waals surface area contributed by atoms with E-state index in [1.54, 1.807) is 24.3 Å². The Morgan fingerprint density at radius 2 is 1.82 bits per heavy atom. The summed E-state index contributed by atoms with van der Waals surface area (Å²) < 4.78 is 70.1. The largest absolute Gasteiger partial charge is 0.497 e. The maximum atomic E-state index is 12.8. The second kappa shape index (κ2) is 8.61. The quantitative estimate of drug-likeness (QED) is 0.727. The summed E-state index contributed by atoms with van der Waals surface area (Å²) >= 11 is 0. The summed E-state index contributed by atoms with van der Waals surface area (Å²) in [6.07, 6.45) is -4.68. The highest BCUT2D eigenvalue weighted by atomic mass is 32.2. The van der Waals surface area contributed by atoms with Gasteiger partial charge in [0.1, 0.15) is 5.75 Å². The van der Waals surface area contributed by atoms with Gasteiger partial charge in [0.25, 0.3) is 0 Å². The van der Waals surface area contributed by atoms with E-state index < -0.39 is 38.6 Å². The SMILES string of the molecule is COc1cccc(CNC(=O)C(C)NS(=O)(=O)c2cccc(C(F)(F)F)c2)c1. The molecule has 2 rings (SSSR count). The fourth-order valence-electron chi connectivity index (χ4n) is 2.32. The number of amides is 1. The number of sulfonamides is 1. The van der Waals surface area contributed by atoms with Gasteiger partial charge in [0, 0.05) is 6.54 Å². The Balaban J connectivity index is 2.04. The van der Waals surface area contributed by atoms with Crippen molar-refractivity contribution in [2.45, 2.75) is 30.6 Å². The first-order chi connectivity index (χ1) is 13.0. The second-order valence-electron chi connectivity index (χ2n) is 5.94. The molecule has 0 saturated carbocycles. The molecule has 1 unspecified atom stereocenters. The minimum Gasteiger partial charge on any atom is -0.497 e. The van der Waals surface area contributed by atoms with Crippen LogP contribution in [0.25, 0.3) is 0 Å². The molecule has 0 heterocycles. The summed E-state index contributed by atoms with van der Waals surface area (Å²) in [5.41, 5.74) is -0.355. The number of rotatable bonds is 7. The van der Waals surface area contributed by atoms with E-state index in [0.717, 1.165) is 23.8 Å². The van der Waals surface area contributed by atoms with Gasteiger partial charge in [0.15, 0.2) is 0 Å². The van der Waals surface area contributed by atoms with Crippen molar-refractivity contribution in [3.05, 3.63) is 59.7 Å². The Morgan fingerprint density at radius 3 is 2.46 bits per heavy atom. The molecule has 0 spiro atoms. The van der Waals surface area contributed by atoms with Crippen molar-refractivity contribution in [3.8, 4) is 5.75 Å². The molecule has 2 N–H and O–H groups in total. The van der Waals surface area contributed by atoms with Crippen molar-refractivity contribution in [3.63, 3.8) is 0 Å². The average molecular weight is 416 g/mol. The van der Waals surface area contributed by atoms with Crippen LogP contribution in [0.1, 0.15) is 18.1 Å². The van der Waals surface area contributed by atoms with Crippen LogP contribution in [0.3, 0.4) is 0 Å². The average Bonchev–Trinajstić information content (AvgIpc) is 2.65. The van der Waals surface area contributed by atoms with E-state index >= 15 is 0 Å². The molecule has 10 heteroatoms. The van der Waals surface area contributed by atoms with Gasteiger partial charge in [-0.15, -0.1) is 0 Å². The van der Waals surface area contributed by atoms with Crippen LogP contribution >= 0.6 is 0 Å². The number of carbonyl (C=O) groups is 1. The zero-order valence-electron chi connectivity index (χ0n) is 15.1. The highest BCUT2D eigenvalue weighted by molar-refractivity contribution is 7.89. The lowest BCUT2D eigenvalue weighted by Gasteiger charge is -2.15. The van der Waals surface area contributed by atoms with Gasteiger partial charge in [-0.1, -0.05) is 18.2 Å². The third-order valence-electron chi connectivity index (χ3n) is 3.80. The lowest BCUT2D eigenvalue weighted by Crippen LogP contribution is -2.44. The molecule has 0 aliphatic carbocycles. The molecule has 1 amide bonds. The normalized spacial score (nSPS) is 13.0. The Kier molecular flexibility index (Phi) is 6.68. The van der Waals surface area contributed by atoms with Crippen molar-refractivity contribution >= 4 is 15.9 Å². The predicted molar refractivity (Wildman–Crippen MR) is 96.1 cm³/mol. The van der Waals surface area contributed by atoms with E-state index in [0.29, 0.717) is 11.8 Å². The molecule has 0 radical (unpaired) electrons. The van der Waals surface area contributed by atoms with E-state index in [9.17, 15) is 26.4 Å². The summed E-state index contributed by atoms with van der Waals surface area (Å²) in [4.78, 5) is 11.6. The standard InChI is InChI=1S/C18H19F3N2O4S/c1-12(17(24)22-11-13-5-3-7-15(9-13)27-2)23-28(25,26)16-8-4-6-14(10-16)18(19,20)21/h3-10,12,23H,11H2,1-2H3,(H,22,24). The molecule has 0 aromatic heterocycles. The zero-order valence-corrected chi connectivity index (χ0v) is 15.9. The monoisotopic (exact) mass is 416 g/mol. The molecule has 0 bridgehead atoms.